The minimum absolute atomic E-state index is 0.00510. The molecule has 4 heterocycles. The Morgan fingerprint density at radius 3 is 2.59 bits per heavy atom. The predicted molar refractivity (Wildman–Crippen MR) is 149 cm³/mol. The van der Waals surface area contributed by atoms with Crippen molar-refractivity contribution in [3.8, 4) is 11.5 Å². The normalized spacial score (nSPS) is 16.3. The third kappa shape index (κ3) is 6.36. The molecule has 9 nitrogen and oxygen atoms in total. The SMILES string of the molecule is Cn1c(=O)ccc2cccc(CCN3CCC(N(Cc4cc5c(cn4)OCCO5)C(=O)OC(C)(C)C)CC3)c21. The topological polar surface area (TPSA) is 86.1 Å². The van der Waals surface area contributed by atoms with Gasteiger partial charge in [-0.2, -0.15) is 0 Å². The number of hydrogen-bond donors (Lipinski definition) is 0. The highest BCUT2D eigenvalue weighted by Crippen LogP contribution is 2.31. The minimum Gasteiger partial charge on any atom is -0.486 e. The molecule has 1 amide bonds. The van der Waals surface area contributed by atoms with Crippen LogP contribution >= 0.6 is 0 Å². The van der Waals surface area contributed by atoms with Crippen molar-refractivity contribution in [2.45, 2.75) is 58.2 Å². The number of benzene rings is 1. The summed E-state index contributed by atoms with van der Waals surface area (Å²) in [6.45, 7) is 9.66. The second kappa shape index (κ2) is 11.3. The van der Waals surface area contributed by atoms with Gasteiger partial charge >= 0.3 is 6.09 Å². The highest BCUT2D eigenvalue weighted by molar-refractivity contribution is 5.82. The number of ether oxygens (including phenoxy) is 3. The summed E-state index contributed by atoms with van der Waals surface area (Å²) in [6, 6.07) is 11.6. The zero-order valence-electron chi connectivity index (χ0n) is 23.3. The number of piperidine rings is 1. The van der Waals surface area contributed by atoms with Crippen molar-refractivity contribution < 1.29 is 19.0 Å². The number of fused-ring (bicyclic) bond motifs is 2. The van der Waals surface area contributed by atoms with Gasteiger partial charge in [-0.15, -0.1) is 0 Å². The average Bonchev–Trinajstić information content (AvgIpc) is 2.92. The zero-order chi connectivity index (χ0) is 27.6. The number of nitrogens with zero attached hydrogens (tertiary/aromatic N) is 4. The van der Waals surface area contributed by atoms with Crippen LogP contribution in [0.5, 0.6) is 11.5 Å². The van der Waals surface area contributed by atoms with Crippen molar-refractivity contribution in [3.63, 3.8) is 0 Å². The molecule has 39 heavy (non-hydrogen) atoms. The van der Waals surface area contributed by atoms with Gasteiger partial charge in [-0.3, -0.25) is 14.7 Å². The Kier molecular flexibility index (Phi) is 7.79. The Labute approximate surface area is 229 Å². The van der Waals surface area contributed by atoms with Crippen LogP contribution in [0.15, 0.2) is 47.4 Å². The molecule has 1 fully saturated rings. The van der Waals surface area contributed by atoms with Gasteiger partial charge in [0.2, 0.25) is 0 Å². The summed E-state index contributed by atoms with van der Waals surface area (Å²) in [7, 11) is 1.83. The van der Waals surface area contributed by atoms with E-state index in [4.69, 9.17) is 14.2 Å². The summed E-state index contributed by atoms with van der Waals surface area (Å²) < 4.78 is 18.9. The van der Waals surface area contributed by atoms with Gasteiger partial charge in [-0.25, -0.2) is 4.79 Å². The molecule has 1 aromatic carbocycles. The summed E-state index contributed by atoms with van der Waals surface area (Å²) in [5.74, 6) is 1.30. The maximum atomic E-state index is 13.3. The number of para-hydroxylation sites is 1. The van der Waals surface area contributed by atoms with Crippen molar-refractivity contribution in [2.24, 2.45) is 7.05 Å². The molecule has 1 saturated heterocycles. The fourth-order valence-corrected chi connectivity index (χ4v) is 5.39. The van der Waals surface area contributed by atoms with E-state index < -0.39 is 5.60 Å². The van der Waals surface area contributed by atoms with E-state index in [0.717, 1.165) is 55.5 Å². The molecular weight excluding hydrogens is 496 g/mol. The van der Waals surface area contributed by atoms with Crippen molar-refractivity contribution in [1.82, 2.24) is 19.4 Å². The number of rotatable bonds is 6. The van der Waals surface area contributed by atoms with E-state index in [-0.39, 0.29) is 17.7 Å². The standard InChI is InChI=1S/C30H38N4O5/c1-30(2,3)39-29(36)34(20-23-18-25-26(19-31-23)38-17-16-37-25)24-11-14-33(15-12-24)13-10-22-7-5-6-21-8-9-27(35)32(4)28(21)22/h5-9,18-19,24H,10-17,20H2,1-4H3. The van der Waals surface area contributed by atoms with Gasteiger partial charge in [0, 0.05) is 44.9 Å². The van der Waals surface area contributed by atoms with E-state index in [0.29, 0.717) is 31.3 Å². The van der Waals surface area contributed by atoms with Crippen LogP contribution in [0.3, 0.4) is 0 Å². The number of aryl methyl sites for hydroxylation is 1. The van der Waals surface area contributed by atoms with Crippen LogP contribution in [0, 0.1) is 0 Å². The van der Waals surface area contributed by atoms with E-state index in [1.807, 2.05) is 50.9 Å². The van der Waals surface area contributed by atoms with E-state index in [9.17, 15) is 9.59 Å². The number of aromatic nitrogens is 2. The maximum absolute atomic E-state index is 13.3. The molecule has 0 bridgehead atoms. The number of pyridine rings is 2. The third-order valence-electron chi connectivity index (χ3n) is 7.36. The molecule has 0 atom stereocenters. The first-order valence-corrected chi connectivity index (χ1v) is 13.7. The Morgan fingerprint density at radius 2 is 1.85 bits per heavy atom. The summed E-state index contributed by atoms with van der Waals surface area (Å²) >= 11 is 0. The van der Waals surface area contributed by atoms with Crippen LogP contribution < -0.4 is 15.0 Å². The van der Waals surface area contributed by atoms with Gasteiger partial charge in [0.05, 0.1) is 24.0 Å². The Morgan fingerprint density at radius 1 is 1.10 bits per heavy atom. The predicted octanol–water partition coefficient (Wildman–Crippen LogP) is 4.15. The van der Waals surface area contributed by atoms with Crippen molar-refractivity contribution >= 4 is 17.0 Å². The summed E-state index contributed by atoms with van der Waals surface area (Å²) in [4.78, 5) is 34.3. The Bertz CT molecular complexity index is 1390. The van der Waals surface area contributed by atoms with Crippen LogP contribution in [0.1, 0.15) is 44.9 Å². The third-order valence-corrected chi connectivity index (χ3v) is 7.36. The van der Waals surface area contributed by atoms with E-state index in [1.54, 1.807) is 16.8 Å². The summed E-state index contributed by atoms with van der Waals surface area (Å²) in [5, 5.41) is 1.08. The van der Waals surface area contributed by atoms with E-state index >= 15 is 0 Å². The lowest BCUT2D eigenvalue weighted by Crippen LogP contribution is -2.48. The monoisotopic (exact) mass is 534 g/mol. The molecule has 0 N–H and O–H groups in total. The van der Waals surface area contributed by atoms with Gasteiger partial charge in [0.1, 0.15) is 18.8 Å². The summed E-state index contributed by atoms with van der Waals surface area (Å²) in [6.07, 6.45) is 3.89. The number of hydrogen-bond acceptors (Lipinski definition) is 7. The van der Waals surface area contributed by atoms with Crippen LogP contribution in [-0.2, 0) is 24.8 Å². The average molecular weight is 535 g/mol. The second-order valence-corrected chi connectivity index (χ2v) is 11.3. The fourth-order valence-electron chi connectivity index (χ4n) is 5.39. The van der Waals surface area contributed by atoms with Crippen LogP contribution in [0.2, 0.25) is 0 Å². The maximum Gasteiger partial charge on any atom is 0.410 e. The molecule has 9 heteroatoms. The largest absolute Gasteiger partial charge is 0.486 e. The molecule has 3 aromatic rings. The number of carbonyl (C=O) groups is 1. The molecule has 5 rings (SSSR count). The van der Waals surface area contributed by atoms with E-state index in [2.05, 4.69) is 22.0 Å². The van der Waals surface area contributed by atoms with Gasteiger partial charge in [0.25, 0.3) is 5.56 Å². The van der Waals surface area contributed by atoms with Crippen molar-refractivity contribution in [2.75, 3.05) is 32.8 Å². The lowest BCUT2D eigenvalue weighted by Gasteiger charge is -2.39. The molecule has 2 aliphatic rings. The van der Waals surface area contributed by atoms with E-state index in [1.165, 1.54) is 5.56 Å². The first-order chi connectivity index (χ1) is 18.7. The number of carbonyl (C=O) groups excluding carboxylic acids is 1. The van der Waals surface area contributed by atoms with Crippen LogP contribution in [0.4, 0.5) is 4.79 Å². The van der Waals surface area contributed by atoms with Gasteiger partial charge in [-0.05, 0) is 57.0 Å². The fraction of sp³-hybridized carbons (Fsp3) is 0.500. The molecule has 2 aliphatic heterocycles. The lowest BCUT2D eigenvalue weighted by atomic mass is 10.0. The Hall–Kier alpha value is -3.59. The van der Waals surface area contributed by atoms with Gasteiger partial charge in [0.15, 0.2) is 11.5 Å². The highest BCUT2D eigenvalue weighted by atomic mass is 16.6. The molecule has 0 radical (unpaired) electrons. The molecular formula is C30H38N4O5. The van der Waals surface area contributed by atoms with Crippen molar-refractivity contribution in [3.05, 3.63) is 64.2 Å². The highest BCUT2D eigenvalue weighted by Gasteiger charge is 2.32. The first-order valence-electron chi connectivity index (χ1n) is 13.7. The Balaban J connectivity index is 1.25. The minimum atomic E-state index is -0.588. The molecule has 2 aromatic heterocycles. The second-order valence-electron chi connectivity index (χ2n) is 11.3. The van der Waals surface area contributed by atoms with Crippen LogP contribution in [0.25, 0.3) is 10.9 Å². The van der Waals surface area contributed by atoms with Gasteiger partial charge < -0.3 is 23.7 Å². The molecule has 0 unspecified atom stereocenters. The lowest BCUT2D eigenvalue weighted by molar-refractivity contribution is 0.00549. The van der Waals surface area contributed by atoms with Crippen molar-refractivity contribution in [1.29, 1.82) is 0 Å². The zero-order valence-corrected chi connectivity index (χ0v) is 23.3. The molecule has 0 aliphatic carbocycles. The smallest absolute Gasteiger partial charge is 0.410 e. The number of amides is 1. The number of likely N-dealkylation sites (tertiary alicyclic amines) is 1. The quantitative estimate of drug-likeness (QED) is 0.470. The van der Waals surface area contributed by atoms with Crippen LogP contribution in [-0.4, -0.2) is 69.9 Å². The molecule has 0 spiro atoms. The molecule has 208 valence electrons. The first kappa shape index (κ1) is 27.0. The summed E-state index contributed by atoms with van der Waals surface area (Å²) in [5.41, 5.74) is 2.34. The van der Waals surface area contributed by atoms with Gasteiger partial charge in [-0.1, -0.05) is 18.2 Å². The molecule has 0 saturated carbocycles.